The maximum absolute atomic E-state index is 11.2. The largest absolute Gasteiger partial charge is 0.497 e. The highest BCUT2D eigenvalue weighted by Crippen LogP contribution is 2.33. The van der Waals surface area contributed by atoms with Crippen LogP contribution >= 0.6 is 0 Å². The molecule has 2 aromatic carbocycles. The number of aromatic amines is 1. The molecule has 6 nitrogen and oxygen atoms in total. The van der Waals surface area contributed by atoms with Crippen LogP contribution in [0.1, 0.15) is 5.56 Å². The molecule has 1 heterocycles. The van der Waals surface area contributed by atoms with Crippen LogP contribution in [0.5, 0.6) is 11.5 Å². The summed E-state index contributed by atoms with van der Waals surface area (Å²) in [5.74, 6) is 2.03. The summed E-state index contributed by atoms with van der Waals surface area (Å²) in [7, 11) is 3.26. The Bertz CT molecular complexity index is 946. The van der Waals surface area contributed by atoms with Crippen molar-refractivity contribution in [1.82, 2.24) is 15.3 Å². The van der Waals surface area contributed by atoms with Crippen molar-refractivity contribution in [3.05, 3.63) is 66.9 Å². The third kappa shape index (κ3) is 4.17. The van der Waals surface area contributed by atoms with Crippen LogP contribution in [0.25, 0.3) is 22.6 Å². The molecule has 1 aromatic heterocycles. The number of rotatable bonds is 7. The van der Waals surface area contributed by atoms with Crippen molar-refractivity contribution in [3.63, 3.8) is 0 Å². The number of nitrogens with zero attached hydrogens (tertiary/aromatic N) is 1. The molecular formula is C21H21N3O3. The molecule has 0 aliphatic carbocycles. The zero-order valence-corrected chi connectivity index (χ0v) is 15.3. The molecule has 0 fully saturated rings. The molecule has 3 rings (SSSR count). The first kappa shape index (κ1) is 18.3. The molecule has 0 unspecified atom stereocenters. The van der Waals surface area contributed by atoms with Gasteiger partial charge in [0.25, 0.3) is 0 Å². The van der Waals surface area contributed by atoms with Gasteiger partial charge in [-0.05, 0) is 29.8 Å². The number of aromatic nitrogens is 2. The molecule has 0 aliphatic heterocycles. The Hall–Kier alpha value is -3.54. The van der Waals surface area contributed by atoms with Crippen LogP contribution in [-0.4, -0.2) is 30.1 Å². The Balaban J connectivity index is 1.82. The van der Waals surface area contributed by atoms with E-state index >= 15 is 0 Å². The lowest BCUT2D eigenvalue weighted by molar-refractivity contribution is -0.116. The van der Waals surface area contributed by atoms with Crippen molar-refractivity contribution >= 4 is 5.91 Å². The van der Waals surface area contributed by atoms with Crippen molar-refractivity contribution in [1.29, 1.82) is 0 Å². The minimum absolute atomic E-state index is 0.193. The highest BCUT2D eigenvalue weighted by Gasteiger charge is 2.11. The summed E-state index contributed by atoms with van der Waals surface area (Å²) in [4.78, 5) is 19.0. The first-order chi connectivity index (χ1) is 13.1. The van der Waals surface area contributed by atoms with Gasteiger partial charge in [0, 0.05) is 17.7 Å². The fourth-order valence-electron chi connectivity index (χ4n) is 2.67. The van der Waals surface area contributed by atoms with Crippen LogP contribution < -0.4 is 14.8 Å². The first-order valence-corrected chi connectivity index (χ1v) is 8.41. The molecule has 0 atom stereocenters. The fourth-order valence-corrected chi connectivity index (χ4v) is 2.67. The summed E-state index contributed by atoms with van der Waals surface area (Å²) in [6.07, 6.45) is 3.02. The summed E-state index contributed by atoms with van der Waals surface area (Å²) in [5.41, 5.74) is 3.65. The second kappa shape index (κ2) is 8.23. The van der Waals surface area contributed by atoms with Crippen LogP contribution in [0.15, 0.2) is 61.3 Å². The van der Waals surface area contributed by atoms with E-state index in [-0.39, 0.29) is 5.91 Å². The Morgan fingerprint density at radius 2 is 1.96 bits per heavy atom. The van der Waals surface area contributed by atoms with Gasteiger partial charge in [-0.1, -0.05) is 30.8 Å². The van der Waals surface area contributed by atoms with Crippen LogP contribution in [0, 0.1) is 0 Å². The summed E-state index contributed by atoms with van der Waals surface area (Å²) in [6, 6.07) is 13.4. The SMILES string of the molecule is C=CC(=O)NCc1ccc(-c2ncc(-c3cc(OC)ccc3OC)[nH]2)cc1. The second-order valence-corrected chi connectivity index (χ2v) is 5.83. The lowest BCUT2D eigenvalue weighted by Crippen LogP contribution is -2.19. The van der Waals surface area contributed by atoms with E-state index in [1.807, 2.05) is 42.5 Å². The predicted octanol–water partition coefficient (Wildman–Crippen LogP) is 3.56. The number of amides is 1. The minimum atomic E-state index is -0.193. The standard InChI is InChI=1S/C21H21N3O3/c1-4-20(25)22-12-14-5-7-15(8-6-14)21-23-13-18(24-21)17-11-16(26-2)9-10-19(17)27-3/h4-11,13H,1,12H2,2-3H3,(H,22,25)(H,23,24). The van der Waals surface area contributed by atoms with Gasteiger partial charge in [0.05, 0.1) is 26.1 Å². The second-order valence-electron chi connectivity index (χ2n) is 5.83. The van der Waals surface area contributed by atoms with Crippen molar-refractivity contribution in [2.24, 2.45) is 0 Å². The smallest absolute Gasteiger partial charge is 0.243 e. The molecule has 27 heavy (non-hydrogen) atoms. The van der Waals surface area contributed by atoms with Gasteiger partial charge in [0.1, 0.15) is 17.3 Å². The quantitative estimate of drug-likeness (QED) is 0.629. The highest BCUT2D eigenvalue weighted by molar-refractivity contribution is 5.86. The topological polar surface area (TPSA) is 76.2 Å². The van der Waals surface area contributed by atoms with Gasteiger partial charge in [0.2, 0.25) is 5.91 Å². The molecule has 0 spiro atoms. The summed E-state index contributed by atoms with van der Waals surface area (Å²) < 4.78 is 10.7. The molecule has 0 saturated carbocycles. The van der Waals surface area contributed by atoms with E-state index < -0.39 is 0 Å². The van der Waals surface area contributed by atoms with Crippen LogP contribution in [0.2, 0.25) is 0 Å². The molecule has 1 amide bonds. The van der Waals surface area contributed by atoms with Gasteiger partial charge in [-0.15, -0.1) is 0 Å². The Morgan fingerprint density at radius 3 is 2.63 bits per heavy atom. The van der Waals surface area contributed by atoms with E-state index in [2.05, 4.69) is 21.9 Å². The van der Waals surface area contributed by atoms with Gasteiger partial charge < -0.3 is 19.8 Å². The molecule has 0 aliphatic rings. The molecular weight excluding hydrogens is 342 g/mol. The number of hydrogen-bond acceptors (Lipinski definition) is 4. The minimum Gasteiger partial charge on any atom is -0.497 e. The van der Waals surface area contributed by atoms with Gasteiger partial charge in [-0.25, -0.2) is 4.98 Å². The molecule has 0 bridgehead atoms. The Labute approximate surface area is 157 Å². The van der Waals surface area contributed by atoms with Gasteiger partial charge in [0.15, 0.2) is 0 Å². The number of benzene rings is 2. The van der Waals surface area contributed by atoms with Crippen molar-refractivity contribution in [3.8, 4) is 34.1 Å². The monoisotopic (exact) mass is 363 g/mol. The Kier molecular flexibility index (Phi) is 5.56. The molecule has 0 radical (unpaired) electrons. The maximum atomic E-state index is 11.2. The van der Waals surface area contributed by atoms with E-state index in [1.54, 1.807) is 20.4 Å². The fraction of sp³-hybridized carbons (Fsp3) is 0.143. The van der Waals surface area contributed by atoms with E-state index in [9.17, 15) is 4.79 Å². The lowest BCUT2D eigenvalue weighted by Gasteiger charge is -2.09. The van der Waals surface area contributed by atoms with Gasteiger partial charge >= 0.3 is 0 Å². The number of nitrogens with one attached hydrogen (secondary N) is 2. The van der Waals surface area contributed by atoms with E-state index in [4.69, 9.17) is 9.47 Å². The van der Waals surface area contributed by atoms with Crippen molar-refractivity contribution < 1.29 is 14.3 Å². The molecule has 0 saturated heterocycles. The number of hydrogen-bond donors (Lipinski definition) is 2. The summed E-state index contributed by atoms with van der Waals surface area (Å²) in [6.45, 7) is 3.89. The van der Waals surface area contributed by atoms with Crippen LogP contribution in [0.3, 0.4) is 0 Å². The first-order valence-electron chi connectivity index (χ1n) is 8.41. The van der Waals surface area contributed by atoms with E-state index in [0.29, 0.717) is 6.54 Å². The van der Waals surface area contributed by atoms with Crippen molar-refractivity contribution in [2.45, 2.75) is 6.54 Å². The number of H-pyrrole nitrogens is 1. The molecule has 138 valence electrons. The number of methoxy groups -OCH3 is 2. The van der Waals surface area contributed by atoms with E-state index in [0.717, 1.165) is 39.7 Å². The maximum Gasteiger partial charge on any atom is 0.243 e. The number of imidazole rings is 1. The Morgan fingerprint density at radius 1 is 1.19 bits per heavy atom. The van der Waals surface area contributed by atoms with Gasteiger partial charge in [-0.2, -0.15) is 0 Å². The zero-order valence-electron chi connectivity index (χ0n) is 15.3. The van der Waals surface area contributed by atoms with Crippen molar-refractivity contribution in [2.75, 3.05) is 14.2 Å². The highest BCUT2D eigenvalue weighted by atomic mass is 16.5. The average Bonchev–Trinajstić information content (AvgIpc) is 3.21. The molecule has 2 N–H and O–H groups in total. The number of ether oxygens (including phenoxy) is 2. The van der Waals surface area contributed by atoms with Crippen LogP contribution in [-0.2, 0) is 11.3 Å². The third-order valence-corrected chi connectivity index (χ3v) is 4.15. The molecule has 3 aromatic rings. The van der Waals surface area contributed by atoms with E-state index in [1.165, 1.54) is 6.08 Å². The normalized spacial score (nSPS) is 10.3. The summed E-state index contributed by atoms with van der Waals surface area (Å²) in [5, 5.41) is 2.75. The third-order valence-electron chi connectivity index (χ3n) is 4.15. The lowest BCUT2D eigenvalue weighted by atomic mass is 10.1. The predicted molar refractivity (Wildman–Crippen MR) is 105 cm³/mol. The number of carbonyl (C=O) groups excluding carboxylic acids is 1. The van der Waals surface area contributed by atoms with Crippen LogP contribution in [0.4, 0.5) is 0 Å². The average molecular weight is 363 g/mol. The zero-order chi connectivity index (χ0) is 19.2. The van der Waals surface area contributed by atoms with Gasteiger partial charge in [-0.3, -0.25) is 4.79 Å². The number of carbonyl (C=O) groups is 1. The summed E-state index contributed by atoms with van der Waals surface area (Å²) >= 11 is 0. The molecule has 6 heteroatoms.